The molecule has 0 bridgehead atoms. The minimum Gasteiger partial charge on any atom is -0.310 e. The third-order valence-corrected chi connectivity index (χ3v) is 5.94. The molecule has 8 heteroatoms. The van der Waals surface area contributed by atoms with Crippen molar-refractivity contribution in [2.24, 2.45) is 0 Å². The maximum Gasteiger partial charge on any atom is 0.225 e. The fraction of sp³-hybridized carbons (Fsp3) is 0.353. The van der Waals surface area contributed by atoms with Crippen LogP contribution in [0.1, 0.15) is 30.5 Å². The highest BCUT2D eigenvalue weighted by atomic mass is 32.2. The number of anilines is 1. The van der Waals surface area contributed by atoms with Gasteiger partial charge in [-0.15, -0.1) is 0 Å². The summed E-state index contributed by atoms with van der Waals surface area (Å²) in [5.41, 5.74) is 1.93. The smallest absolute Gasteiger partial charge is 0.225 e. The first-order chi connectivity index (χ1) is 12.0. The van der Waals surface area contributed by atoms with E-state index in [0.717, 1.165) is 42.7 Å². The monoisotopic (exact) mass is 363 g/mol. The molecule has 2 aromatic rings. The van der Waals surface area contributed by atoms with Gasteiger partial charge in [-0.25, -0.2) is 22.8 Å². The van der Waals surface area contributed by atoms with E-state index in [4.69, 9.17) is 0 Å². The van der Waals surface area contributed by atoms with Gasteiger partial charge in [-0.2, -0.15) is 0 Å². The average Bonchev–Trinajstić information content (AvgIpc) is 3.05. The van der Waals surface area contributed by atoms with Gasteiger partial charge in [-0.3, -0.25) is 4.79 Å². The third kappa shape index (κ3) is 4.19. The molecule has 25 heavy (non-hydrogen) atoms. The number of nitrogens with one attached hydrogen (secondary N) is 1. The summed E-state index contributed by atoms with van der Waals surface area (Å²) in [5.74, 6) is -0.416. The van der Waals surface area contributed by atoms with Crippen LogP contribution in [0.25, 0.3) is 0 Å². The van der Waals surface area contributed by atoms with Gasteiger partial charge < -0.3 is 5.32 Å². The number of hydrogen-bond acceptors (Lipinski definition) is 5. The Morgan fingerprint density at radius 3 is 2.68 bits per heavy atom. The van der Waals surface area contributed by atoms with E-state index in [2.05, 4.69) is 15.3 Å². The molecule has 0 aliphatic heterocycles. The van der Waals surface area contributed by atoms with Crippen molar-refractivity contribution in [1.29, 1.82) is 0 Å². The zero-order valence-electron chi connectivity index (χ0n) is 13.5. The number of aromatic nitrogens is 2. The van der Waals surface area contributed by atoms with E-state index in [1.165, 1.54) is 18.5 Å². The summed E-state index contributed by atoms with van der Waals surface area (Å²) < 4.78 is 37.2. The topological polar surface area (TPSA) is 89.0 Å². The lowest BCUT2D eigenvalue weighted by atomic mass is 10.2. The minimum atomic E-state index is -3.53. The number of amides is 1. The second-order valence-electron chi connectivity index (χ2n) is 5.93. The number of aryl methyl sites for hydroxylation is 1. The van der Waals surface area contributed by atoms with Gasteiger partial charge in [-0.05, 0) is 49.9 Å². The molecule has 0 unspecified atom stereocenters. The summed E-state index contributed by atoms with van der Waals surface area (Å²) in [5, 5.41) is 2.74. The number of carbonyl (C=O) groups is 1. The molecule has 1 aliphatic rings. The Bertz CT molecular complexity index is 883. The van der Waals surface area contributed by atoms with E-state index < -0.39 is 15.7 Å². The lowest BCUT2D eigenvalue weighted by Gasteiger charge is -2.08. The number of rotatable bonds is 6. The third-order valence-electron chi connectivity index (χ3n) is 4.12. The first kappa shape index (κ1) is 17.5. The number of sulfone groups is 1. The predicted molar refractivity (Wildman–Crippen MR) is 90.4 cm³/mol. The SMILES string of the molecule is O=C(CCCS(=O)(=O)c1ccc(F)cc1)Nc1ncnc2c1CCC2. The number of benzene rings is 1. The number of carbonyl (C=O) groups excluding carboxylic acids is 1. The van der Waals surface area contributed by atoms with E-state index in [0.29, 0.717) is 5.82 Å². The lowest BCUT2D eigenvalue weighted by molar-refractivity contribution is -0.116. The van der Waals surface area contributed by atoms with E-state index in [9.17, 15) is 17.6 Å². The molecule has 1 aromatic carbocycles. The van der Waals surface area contributed by atoms with E-state index in [-0.39, 0.29) is 29.4 Å². The fourth-order valence-corrected chi connectivity index (χ4v) is 4.16. The van der Waals surface area contributed by atoms with Gasteiger partial charge in [0.1, 0.15) is 18.0 Å². The van der Waals surface area contributed by atoms with Gasteiger partial charge in [0, 0.05) is 17.7 Å². The van der Waals surface area contributed by atoms with Crippen LogP contribution in [-0.2, 0) is 27.5 Å². The second-order valence-corrected chi connectivity index (χ2v) is 8.03. The molecule has 0 radical (unpaired) electrons. The molecule has 0 saturated carbocycles. The van der Waals surface area contributed by atoms with Crippen LogP contribution in [0.3, 0.4) is 0 Å². The highest BCUT2D eigenvalue weighted by molar-refractivity contribution is 7.91. The van der Waals surface area contributed by atoms with Gasteiger partial charge >= 0.3 is 0 Å². The van der Waals surface area contributed by atoms with Gasteiger partial charge in [0.2, 0.25) is 5.91 Å². The van der Waals surface area contributed by atoms with Gasteiger partial charge in [0.05, 0.1) is 10.6 Å². The van der Waals surface area contributed by atoms with Gasteiger partial charge in [-0.1, -0.05) is 0 Å². The maximum absolute atomic E-state index is 12.9. The van der Waals surface area contributed by atoms with Crippen LogP contribution in [0.4, 0.5) is 10.2 Å². The highest BCUT2D eigenvalue weighted by Crippen LogP contribution is 2.25. The summed E-state index contributed by atoms with van der Waals surface area (Å²) in [4.78, 5) is 20.4. The number of fused-ring (bicyclic) bond motifs is 1. The molecule has 1 heterocycles. The Balaban J connectivity index is 1.55. The number of nitrogens with zero attached hydrogens (tertiary/aromatic N) is 2. The zero-order valence-corrected chi connectivity index (χ0v) is 14.4. The Kier molecular flexibility index (Phi) is 5.08. The number of halogens is 1. The highest BCUT2D eigenvalue weighted by Gasteiger charge is 2.19. The van der Waals surface area contributed by atoms with Crippen molar-refractivity contribution in [2.45, 2.75) is 37.0 Å². The summed E-state index contributed by atoms with van der Waals surface area (Å²) in [6, 6.07) is 4.68. The van der Waals surface area contributed by atoms with Crippen LogP contribution >= 0.6 is 0 Å². The summed E-state index contributed by atoms with van der Waals surface area (Å²) in [7, 11) is -3.53. The van der Waals surface area contributed by atoms with E-state index in [1.807, 2.05) is 0 Å². The standard InChI is InChI=1S/C17H18FN3O3S/c18-12-6-8-13(9-7-12)25(23,24)10-2-5-16(22)21-17-14-3-1-4-15(14)19-11-20-17/h6-9,11H,1-5,10H2,(H,19,20,21,22). The summed E-state index contributed by atoms with van der Waals surface area (Å²) in [6.45, 7) is 0. The minimum absolute atomic E-state index is 0.0583. The normalized spacial score (nSPS) is 13.5. The predicted octanol–water partition coefficient (Wildman–Crippen LogP) is 2.30. The van der Waals surface area contributed by atoms with Crippen molar-refractivity contribution in [3.8, 4) is 0 Å². The molecular weight excluding hydrogens is 345 g/mol. The second kappa shape index (κ2) is 7.26. The van der Waals surface area contributed by atoms with Crippen molar-refractivity contribution < 1.29 is 17.6 Å². The summed E-state index contributed by atoms with van der Waals surface area (Å²) in [6.07, 6.45) is 4.39. The van der Waals surface area contributed by atoms with E-state index in [1.54, 1.807) is 0 Å². The Labute approximate surface area is 145 Å². The zero-order chi connectivity index (χ0) is 17.9. The molecule has 0 spiro atoms. The molecular formula is C17H18FN3O3S. The van der Waals surface area contributed by atoms with Crippen molar-refractivity contribution in [3.05, 3.63) is 47.7 Å². The first-order valence-electron chi connectivity index (χ1n) is 8.06. The fourth-order valence-electron chi connectivity index (χ4n) is 2.84. The lowest BCUT2D eigenvalue weighted by Crippen LogP contribution is -2.16. The molecule has 0 fully saturated rings. The average molecular weight is 363 g/mol. The van der Waals surface area contributed by atoms with Crippen LogP contribution in [0.15, 0.2) is 35.5 Å². The molecule has 1 N–H and O–H groups in total. The van der Waals surface area contributed by atoms with Crippen molar-refractivity contribution in [1.82, 2.24) is 9.97 Å². The van der Waals surface area contributed by atoms with Crippen LogP contribution in [0.2, 0.25) is 0 Å². The Morgan fingerprint density at radius 2 is 1.92 bits per heavy atom. The molecule has 3 rings (SSSR count). The maximum atomic E-state index is 12.9. The summed E-state index contributed by atoms with van der Waals surface area (Å²) >= 11 is 0. The van der Waals surface area contributed by atoms with Crippen LogP contribution in [0.5, 0.6) is 0 Å². The molecule has 0 atom stereocenters. The quantitative estimate of drug-likeness (QED) is 0.796. The van der Waals surface area contributed by atoms with Gasteiger partial charge in [0.25, 0.3) is 0 Å². The molecule has 1 amide bonds. The van der Waals surface area contributed by atoms with Crippen molar-refractivity contribution >= 4 is 21.6 Å². The molecule has 1 aliphatic carbocycles. The Hall–Kier alpha value is -2.35. The van der Waals surface area contributed by atoms with E-state index >= 15 is 0 Å². The Morgan fingerprint density at radius 1 is 1.16 bits per heavy atom. The van der Waals surface area contributed by atoms with Crippen LogP contribution in [0, 0.1) is 5.82 Å². The largest absolute Gasteiger partial charge is 0.310 e. The number of hydrogen-bond donors (Lipinski definition) is 1. The molecule has 6 nitrogen and oxygen atoms in total. The van der Waals surface area contributed by atoms with Crippen LogP contribution in [-0.4, -0.2) is 30.0 Å². The molecule has 1 aromatic heterocycles. The molecule has 132 valence electrons. The van der Waals surface area contributed by atoms with Crippen LogP contribution < -0.4 is 5.32 Å². The van der Waals surface area contributed by atoms with Crippen molar-refractivity contribution in [2.75, 3.05) is 11.1 Å². The molecule has 0 saturated heterocycles. The van der Waals surface area contributed by atoms with Gasteiger partial charge in [0.15, 0.2) is 9.84 Å². The first-order valence-corrected chi connectivity index (χ1v) is 9.72. The van der Waals surface area contributed by atoms with Crippen molar-refractivity contribution in [3.63, 3.8) is 0 Å².